The van der Waals surface area contributed by atoms with Crippen molar-refractivity contribution in [2.45, 2.75) is 83.5 Å². The Morgan fingerprint density at radius 2 is 1.79 bits per heavy atom. The SMILES string of the molecule is Cc1cc(C(=O)N2CCC(O)CC2)cc(C)c1CC(F)(F)SC[C@H](C)C1CCCC(=O)CC1. The van der Waals surface area contributed by atoms with Crippen LogP contribution in [0.3, 0.4) is 0 Å². The number of amides is 1. The van der Waals surface area contributed by atoms with E-state index in [0.29, 0.717) is 90.2 Å². The van der Waals surface area contributed by atoms with Crippen molar-refractivity contribution in [3.05, 3.63) is 34.4 Å². The second-order valence-corrected chi connectivity index (χ2v) is 11.2. The normalized spacial score (nSPS) is 21.7. The number of benzene rings is 1. The molecular formula is C26H37F2NO3S. The molecule has 4 nitrogen and oxygen atoms in total. The molecule has 1 aliphatic carbocycles. The Morgan fingerprint density at radius 3 is 2.42 bits per heavy atom. The van der Waals surface area contributed by atoms with Crippen molar-refractivity contribution < 1.29 is 23.5 Å². The molecule has 184 valence electrons. The fourth-order valence-electron chi connectivity index (χ4n) is 5.04. The van der Waals surface area contributed by atoms with E-state index in [9.17, 15) is 23.5 Å². The molecule has 2 atom stereocenters. The van der Waals surface area contributed by atoms with Crippen LogP contribution in [0.5, 0.6) is 0 Å². The number of Topliss-reactive ketones (excluding diaryl/α,β-unsaturated/α-hetero) is 1. The van der Waals surface area contributed by atoms with Crippen LogP contribution < -0.4 is 0 Å². The number of aliphatic hydroxyl groups is 1. The van der Waals surface area contributed by atoms with Crippen molar-refractivity contribution in [2.75, 3.05) is 18.8 Å². The number of hydrogen-bond acceptors (Lipinski definition) is 4. The highest BCUT2D eigenvalue weighted by Gasteiger charge is 2.34. The summed E-state index contributed by atoms with van der Waals surface area (Å²) in [5.74, 6) is 1.06. The van der Waals surface area contributed by atoms with Crippen LogP contribution >= 0.6 is 11.8 Å². The Morgan fingerprint density at radius 1 is 1.15 bits per heavy atom. The van der Waals surface area contributed by atoms with E-state index in [0.717, 1.165) is 19.3 Å². The van der Waals surface area contributed by atoms with Gasteiger partial charge >= 0.3 is 0 Å². The van der Waals surface area contributed by atoms with Crippen molar-refractivity contribution in [3.63, 3.8) is 0 Å². The molecule has 7 heteroatoms. The summed E-state index contributed by atoms with van der Waals surface area (Å²) in [5, 5.41) is 6.77. The number of carbonyl (C=O) groups excluding carboxylic acids is 2. The maximum Gasteiger partial charge on any atom is 0.297 e. The molecule has 1 aromatic carbocycles. The van der Waals surface area contributed by atoms with Crippen molar-refractivity contribution >= 4 is 23.5 Å². The first-order chi connectivity index (χ1) is 15.6. The van der Waals surface area contributed by atoms with Crippen molar-refractivity contribution in [3.8, 4) is 0 Å². The van der Waals surface area contributed by atoms with Gasteiger partial charge in [-0.25, -0.2) is 0 Å². The van der Waals surface area contributed by atoms with Crippen LogP contribution in [0, 0.1) is 25.7 Å². The van der Waals surface area contributed by atoms with E-state index >= 15 is 0 Å². The average molecular weight is 482 g/mol. The number of ketones is 1. The van der Waals surface area contributed by atoms with Gasteiger partial charge in [0.25, 0.3) is 11.2 Å². The third-order valence-corrected chi connectivity index (χ3v) is 8.52. The number of aliphatic hydroxyl groups excluding tert-OH is 1. The number of nitrogens with zero attached hydrogens (tertiary/aromatic N) is 1. The van der Waals surface area contributed by atoms with Crippen LogP contribution in [0.2, 0.25) is 0 Å². The first kappa shape index (κ1) is 26.1. The van der Waals surface area contributed by atoms with E-state index in [-0.39, 0.29) is 24.3 Å². The lowest BCUT2D eigenvalue weighted by atomic mass is 9.89. The number of aryl methyl sites for hydroxylation is 2. The highest BCUT2D eigenvalue weighted by Crippen LogP contribution is 2.39. The Labute approximate surface area is 200 Å². The van der Waals surface area contributed by atoms with Gasteiger partial charge in [-0.2, -0.15) is 8.78 Å². The van der Waals surface area contributed by atoms with Gasteiger partial charge in [0, 0.05) is 43.7 Å². The Kier molecular flexibility index (Phi) is 8.95. The van der Waals surface area contributed by atoms with Crippen molar-refractivity contribution in [1.82, 2.24) is 4.90 Å². The number of alkyl halides is 2. The van der Waals surface area contributed by atoms with Gasteiger partial charge in [0.1, 0.15) is 5.78 Å². The Hall–Kier alpha value is -1.47. The van der Waals surface area contributed by atoms with E-state index in [1.54, 1.807) is 30.9 Å². The molecule has 1 saturated carbocycles. The van der Waals surface area contributed by atoms with E-state index in [1.807, 2.05) is 6.92 Å². The molecule has 1 unspecified atom stereocenters. The van der Waals surface area contributed by atoms with Crippen LogP contribution in [0.15, 0.2) is 12.1 Å². The number of carbonyl (C=O) groups is 2. The predicted octanol–water partition coefficient (Wildman–Crippen LogP) is 5.55. The quantitative estimate of drug-likeness (QED) is 0.519. The number of thioether (sulfide) groups is 1. The van der Waals surface area contributed by atoms with Gasteiger partial charge in [0.15, 0.2) is 0 Å². The summed E-state index contributed by atoms with van der Waals surface area (Å²) in [7, 11) is 0. The molecule has 2 aliphatic rings. The van der Waals surface area contributed by atoms with E-state index in [2.05, 4.69) is 0 Å². The molecule has 0 bridgehead atoms. The largest absolute Gasteiger partial charge is 0.393 e. The molecule has 1 heterocycles. The third-order valence-electron chi connectivity index (χ3n) is 7.26. The van der Waals surface area contributed by atoms with Gasteiger partial charge < -0.3 is 10.0 Å². The monoisotopic (exact) mass is 481 g/mol. The van der Waals surface area contributed by atoms with Crippen LogP contribution in [0.1, 0.15) is 78.9 Å². The molecule has 0 radical (unpaired) electrons. The Balaban J connectivity index is 1.60. The second-order valence-electron chi connectivity index (χ2n) is 9.94. The molecule has 1 saturated heterocycles. The summed E-state index contributed by atoms with van der Waals surface area (Å²) in [6.45, 7) is 6.65. The van der Waals surface area contributed by atoms with Crippen LogP contribution in [-0.4, -0.2) is 51.9 Å². The minimum atomic E-state index is -2.89. The molecule has 1 N–H and O–H groups in total. The molecular weight excluding hydrogens is 444 g/mol. The smallest absolute Gasteiger partial charge is 0.297 e. The molecule has 2 fully saturated rings. The van der Waals surface area contributed by atoms with Gasteiger partial charge in [-0.15, -0.1) is 0 Å². The second kappa shape index (κ2) is 11.3. The summed E-state index contributed by atoms with van der Waals surface area (Å²) in [6.07, 6.45) is 4.28. The minimum absolute atomic E-state index is 0.100. The summed E-state index contributed by atoms with van der Waals surface area (Å²) >= 11 is 0.717. The number of halogens is 2. The number of likely N-dealkylation sites (tertiary alicyclic amines) is 1. The highest BCUT2D eigenvalue weighted by molar-refractivity contribution is 8.00. The zero-order chi connectivity index (χ0) is 24.2. The summed E-state index contributed by atoms with van der Waals surface area (Å²) in [5.41, 5.74) is 2.56. The van der Waals surface area contributed by atoms with Crippen LogP contribution in [0.4, 0.5) is 8.78 Å². The standard InChI is InChI=1S/C26H37F2NO3S/c1-17-13-21(25(32)29-11-9-23(31)10-12-29)14-18(2)24(17)15-26(27,28)33-16-19(3)20-5-4-6-22(30)8-7-20/h13-14,19-20,23,31H,4-12,15-16H2,1-3H3/t19-,20?/m0/s1. The van der Waals surface area contributed by atoms with E-state index < -0.39 is 5.25 Å². The molecule has 0 spiro atoms. The van der Waals surface area contributed by atoms with Gasteiger partial charge in [-0.1, -0.05) is 18.7 Å². The molecule has 1 aromatic rings. The lowest BCUT2D eigenvalue weighted by Crippen LogP contribution is -2.40. The zero-order valence-corrected chi connectivity index (χ0v) is 20.9. The number of piperidine rings is 1. The van der Waals surface area contributed by atoms with Crippen LogP contribution in [-0.2, 0) is 11.2 Å². The molecule has 0 aromatic heterocycles. The minimum Gasteiger partial charge on any atom is -0.393 e. The van der Waals surface area contributed by atoms with Gasteiger partial charge in [-0.05, 0) is 86.6 Å². The fraction of sp³-hybridized carbons (Fsp3) is 0.692. The molecule has 1 amide bonds. The third kappa shape index (κ3) is 7.25. The van der Waals surface area contributed by atoms with E-state index in [4.69, 9.17) is 0 Å². The van der Waals surface area contributed by atoms with Gasteiger partial charge in [0.2, 0.25) is 0 Å². The van der Waals surface area contributed by atoms with E-state index in [1.165, 1.54) is 0 Å². The fourth-order valence-corrected chi connectivity index (χ4v) is 6.06. The average Bonchev–Trinajstić information content (AvgIpc) is 2.99. The number of rotatable bonds is 7. The lowest BCUT2D eigenvalue weighted by molar-refractivity contribution is -0.118. The first-order valence-corrected chi connectivity index (χ1v) is 13.1. The van der Waals surface area contributed by atoms with Gasteiger partial charge in [0.05, 0.1) is 6.10 Å². The maximum absolute atomic E-state index is 14.9. The van der Waals surface area contributed by atoms with Gasteiger partial charge in [-0.3, -0.25) is 9.59 Å². The molecule has 1 aliphatic heterocycles. The topological polar surface area (TPSA) is 57.6 Å². The Bertz CT molecular complexity index is 829. The molecule has 3 rings (SSSR count). The molecule has 33 heavy (non-hydrogen) atoms. The highest BCUT2D eigenvalue weighted by atomic mass is 32.2. The lowest BCUT2D eigenvalue weighted by Gasteiger charge is -2.30. The summed E-state index contributed by atoms with van der Waals surface area (Å²) < 4.78 is 29.9. The predicted molar refractivity (Wildman–Crippen MR) is 129 cm³/mol. The maximum atomic E-state index is 14.9. The van der Waals surface area contributed by atoms with Crippen molar-refractivity contribution in [2.24, 2.45) is 11.8 Å². The zero-order valence-electron chi connectivity index (χ0n) is 20.0. The van der Waals surface area contributed by atoms with Crippen LogP contribution in [0.25, 0.3) is 0 Å². The summed E-state index contributed by atoms with van der Waals surface area (Å²) in [4.78, 5) is 26.2. The number of hydrogen-bond donors (Lipinski definition) is 1. The first-order valence-electron chi connectivity index (χ1n) is 12.2. The summed E-state index contributed by atoms with van der Waals surface area (Å²) in [6, 6.07) is 3.45. The van der Waals surface area contributed by atoms with Crippen molar-refractivity contribution in [1.29, 1.82) is 0 Å².